The molecule has 0 bridgehead atoms. The van der Waals surface area contributed by atoms with E-state index in [-0.39, 0.29) is 0 Å². The van der Waals surface area contributed by atoms with Crippen LogP contribution in [0.3, 0.4) is 0 Å². The number of hydrogen-bond acceptors (Lipinski definition) is 6. The van der Waals surface area contributed by atoms with Gasteiger partial charge in [0.1, 0.15) is 5.02 Å². The van der Waals surface area contributed by atoms with E-state index in [1.165, 1.54) is 7.11 Å². The Labute approximate surface area is 118 Å². The fraction of sp³-hybridized carbons (Fsp3) is 0.667. The average Bonchev–Trinajstić information content (AvgIpc) is 2.41. The minimum Gasteiger partial charge on any atom is -0.467 e. The third kappa shape index (κ3) is 3.68. The van der Waals surface area contributed by atoms with E-state index >= 15 is 0 Å². The van der Waals surface area contributed by atoms with Crippen LogP contribution < -0.4 is 10.1 Å². The quantitative estimate of drug-likeness (QED) is 0.883. The summed E-state index contributed by atoms with van der Waals surface area (Å²) in [7, 11) is 5.82. The lowest BCUT2D eigenvalue weighted by Crippen LogP contribution is -2.52. The van der Waals surface area contributed by atoms with Crippen LogP contribution in [0.1, 0.15) is 0 Å². The van der Waals surface area contributed by atoms with Crippen molar-refractivity contribution in [3.63, 3.8) is 0 Å². The molecule has 0 aliphatic carbocycles. The summed E-state index contributed by atoms with van der Waals surface area (Å²) in [6, 6.07) is 0.761. The summed E-state index contributed by atoms with van der Waals surface area (Å²) >= 11 is 6.07. The van der Waals surface area contributed by atoms with Gasteiger partial charge in [0.2, 0.25) is 0 Å². The van der Waals surface area contributed by atoms with E-state index in [4.69, 9.17) is 16.3 Å². The molecule has 7 heteroatoms. The van der Waals surface area contributed by atoms with Crippen LogP contribution in [-0.2, 0) is 0 Å². The average molecular weight is 286 g/mol. The second-order valence-corrected chi connectivity index (χ2v) is 5.24. The number of likely N-dealkylation sites (N-methyl/N-ethyl adjacent to an activating group) is 2. The van der Waals surface area contributed by atoms with Gasteiger partial charge < -0.3 is 15.0 Å². The van der Waals surface area contributed by atoms with E-state index in [9.17, 15) is 0 Å². The molecule has 0 amide bonds. The maximum absolute atomic E-state index is 6.07. The Morgan fingerprint density at radius 2 is 2.26 bits per heavy atom. The molecule has 6 nitrogen and oxygen atoms in total. The zero-order valence-corrected chi connectivity index (χ0v) is 12.3. The van der Waals surface area contributed by atoms with Gasteiger partial charge in [0.05, 0.1) is 13.3 Å². The number of nitrogens with zero attached hydrogens (tertiary/aromatic N) is 4. The number of anilines is 1. The molecule has 0 aromatic carbocycles. The zero-order chi connectivity index (χ0) is 13.8. The Balaban J connectivity index is 1.97. The molecule has 1 aliphatic heterocycles. The highest BCUT2D eigenvalue weighted by molar-refractivity contribution is 6.32. The summed E-state index contributed by atoms with van der Waals surface area (Å²) in [4.78, 5) is 12.8. The van der Waals surface area contributed by atoms with Gasteiger partial charge in [-0.25, -0.2) is 4.98 Å². The standard InChI is InChI=1S/C12H20ClN5O/c1-17-4-5-18(2)9(8-17)6-14-11-10(13)7-15-12(16-11)19-3/h7,9H,4-6,8H2,1-3H3,(H,14,15,16). The highest BCUT2D eigenvalue weighted by Crippen LogP contribution is 2.20. The van der Waals surface area contributed by atoms with Crippen molar-refractivity contribution in [1.82, 2.24) is 19.8 Å². The van der Waals surface area contributed by atoms with Gasteiger partial charge in [-0.1, -0.05) is 11.6 Å². The first-order valence-electron chi connectivity index (χ1n) is 6.29. The molecule has 19 heavy (non-hydrogen) atoms. The number of methoxy groups -OCH3 is 1. The van der Waals surface area contributed by atoms with E-state index in [0.29, 0.717) is 22.9 Å². The largest absolute Gasteiger partial charge is 0.467 e. The maximum Gasteiger partial charge on any atom is 0.318 e. The maximum atomic E-state index is 6.07. The number of rotatable bonds is 4. The normalized spacial score (nSPS) is 21.4. The van der Waals surface area contributed by atoms with Crippen LogP contribution in [0.2, 0.25) is 5.02 Å². The van der Waals surface area contributed by atoms with Gasteiger partial charge >= 0.3 is 6.01 Å². The lowest BCUT2D eigenvalue weighted by atomic mass is 10.2. The molecule has 1 N–H and O–H groups in total. The van der Waals surface area contributed by atoms with Crippen molar-refractivity contribution in [3.8, 4) is 6.01 Å². The van der Waals surface area contributed by atoms with Crippen LogP contribution in [0.25, 0.3) is 0 Å². The summed E-state index contributed by atoms with van der Waals surface area (Å²) < 4.78 is 5.00. The van der Waals surface area contributed by atoms with Crippen molar-refractivity contribution < 1.29 is 4.74 Å². The minimum absolute atomic E-state index is 0.320. The third-order valence-electron chi connectivity index (χ3n) is 3.39. The number of hydrogen-bond donors (Lipinski definition) is 1. The predicted octanol–water partition coefficient (Wildman–Crippen LogP) is 0.796. The van der Waals surface area contributed by atoms with Crippen molar-refractivity contribution in [3.05, 3.63) is 11.2 Å². The number of piperazine rings is 1. The number of aromatic nitrogens is 2. The molecule has 1 aromatic heterocycles. The van der Waals surface area contributed by atoms with Gasteiger partial charge in [-0.05, 0) is 14.1 Å². The van der Waals surface area contributed by atoms with Crippen LogP contribution in [0, 0.1) is 0 Å². The second kappa shape index (κ2) is 6.36. The van der Waals surface area contributed by atoms with Crippen LogP contribution in [0.15, 0.2) is 6.20 Å². The molecule has 1 fully saturated rings. The summed E-state index contributed by atoms with van der Waals surface area (Å²) in [6.07, 6.45) is 1.55. The summed E-state index contributed by atoms with van der Waals surface area (Å²) in [5.41, 5.74) is 0. The molecular weight excluding hydrogens is 266 g/mol. The molecule has 0 radical (unpaired) electrons. The van der Waals surface area contributed by atoms with Crippen LogP contribution >= 0.6 is 11.6 Å². The number of ether oxygens (including phenoxy) is 1. The Hall–Kier alpha value is -1.11. The van der Waals surface area contributed by atoms with E-state index in [2.05, 4.69) is 39.2 Å². The van der Waals surface area contributed by atoms with Crippen molar-refractivity contribution in [2.75, 3.05) is 52.7 Å². The predicted molar refractivity (Wildman–Crippen MR) is 76.0 cm³/mol. The molecule has 2 rings (SSSR count). The van der Waals surface area contributed by atoms with Crippen molar-refractivity contribution in [2.24, 2.45) is 0 Å². The van der Waals surface area contributed by atoms with Crippen molar-refractivity contribution >= 4 is 17.4 Å². The lowest BCUT2D eigenvalue weighted by Gasteiger charge is -2.37. The van der Waals surface area contributed by atoms with Crippen molar-refractivity contribution in [2.45, 2.75) is 6.04 Å². The fourth-order valence-electron chi connectivity index (χ4n) is 2.11. The Bertz CT molecular complexity index is 431. The molecule has 0 saturated carbocycles. The minimum atomic E-state index is 0.320. The molecule has 2 heterocycles. The Morgan fingerprint density at radius 1 is 1.47 bits per heavy atom. The van der Waals surface area contributed by atoms with Gasteiger partial charge in [0, 0.05) is 32.2 Å². The highest BCUT2D eigenvalue weighted by atomic mass is 35.5. The topological polar surface area (TPSA) is 53.5 Å². The van der Waals surface area contributed by atoms with E-state index in [1.54, 1.807) is 6.20 Å². The van der Waals surface area contributed by atoms with Crippen LogP contribution in [-0.4, -0.2) is 73.2 Å². The van der Waals surface area contributed by atoms with E-state index in [0.717, 1.165) is 26.2 Å². The van der Waals surface area contributed by atoms with Crippen LogP contribution in [0.4, 0.5) is 5.82 Å². The monoisotopic (exact) mass is 285 g/mol. The molecule has 106 valence electrons. The first-order valence-corrected chi connectivity index (χ1v) is 6.67. The van der Waals surface area contributed by atoms with E-state index in [1.807, 2.05) is 0 Å². The molecule has 1 atom stereocenters. The first-order chi connectivity index (χ1) is 9.10. The van der Waals surface area contributed by atoms with Gasteiger partial charge in [-0.15, -0.1) is 0 Å². The molecule has 1 unspecified atom stereocenters. The van der Waals surface area contributed by atoms with Gasteiger partial charge in [0.25, 0.3) is 0 Å². The highest BCUT2D eigenvalue weighted by Gasteiger charge is 2.22. The smallest absolute Gasteiger partial charge is 0.318 e. The van der Waals surface area contributed by atoms with Gasteiger partial charge in [-0.2, -0.15) is 4.98 Å². The van der Waals surface area contributed by atoms with Crippen molar-refractivity contribution in [1.29, 1.82) is 0 Å². The van der Waals surface area contributed by atoms with Gasteiger partial charge in [-0.3, -0.25) is 4.90 Å². The Kier molecular flexibility index (Phi) is 4.79. The first kappa shape index (κ1) is 14.3. The molecule has 1 saturated heterocycles. The lowest BCUT2D eigenvalue weighted by molar-refractivity contribution is 0.122. The summed E-state index contributed by atoms with van der Waals surface area (Å²) in [6.45, 7) is 4.00. The molecule has 1 aliphatic rings. The molecule has 1 aromatic rings. The number of halogens is 1. The fourth-order valence-corrected chi connectivity index (χ4v) is 2.27. The zero-order valence-electron chi connectivity index (χ0n) is 11.6. The molecular formula is C12H20ClN5O. The second-order valence-electron chi connectivity index (χ2n) is 4.83. The summed E-state index contributed by atoms with van der Waals surface area (Å²) in [5, 5.41) is 3.78. The summed E-state index contributed by atoms with van der Waals surface area (Å²) in [5.74, 6) is 0.621. The number of nitrogens with one attached hydrogen (secondary N) is 1. The van der Waals surface area contributed by atoms with E-state index < -0.39 is 0 Å². The third-order valence-corrected chi connectivity index (χ3v) is 3.67. The molecule has 0 spiro atoms. The van der Waals surface area contributed by atoms with Gasteiger partial charge in [0.15, 0.2) is 5.82 Å². The van der Waals surface area contributed by atoms with Crippen LogP contribution in [0.5, 0.6) is 6.01 Å². The Morgan fingerprint density at radius 3 is 3.00 bits per heavy atom. The SMILES string of the molecule is COc1ncc(Cl)c(NCC2CN(C)CCN2C)n1.